The van der Waals surface area contributed by atoms with Gasteiger partial charge in [-0.05, 0) is 85.3 Å². The summed E-state index contributed by atoms with van der Waals surface area (Å²) < 4.78 is 11.4. The molecule has 28 heavy (non-hydrogen) atoms. The molecule has 2 aliphatic rings. The molecule has 3 heteroatoms. The van der Waals surface area contributed by atoms with E-state index in [0.29, 0.717) is 5.92 Å². The molecule has 0 aromatic heterocycles. The average molecular weight is 379 g/mol. The second-order valence-corrected chi connectivity index (χ2v) is 8.28. The Morgan fingerprint density at radius 3 is 2.46 bits per heavy atom. The van der Waals surface area contributed by atoms with E-state index in [1.54, 1.807) is 0 Å². The van der Waals surface area contributed by atoms with Crippen LogP contribution in [0.4, 0.5) is 0 Å². The summed E-state index contributed by atoms with van der Waals surface area (Å²) in [6.45, 7) is 6.47. The fourth-order valence-electron chi connectivity index (χ4n) is 4.26. The minimum absolute atomic E-state index is 0.170. The topological polar surface area (TPSA) is 35.5 Å². The van der Waals surface area contributed by atoms with Gasteiger partial charge in [0.25, 0.3) is 0 Å². The van der Waals surface area contributed by atoms with Gasteiger partial charge in [0.2, 0.25) is 0 Å². The maximum Gasteiger partial charge on any atom is 0.339 e. The predicted octanol–water partition coefficient (Wildman–Crippen LogP) is 5.80. The van der Waals surface area contributed by atoms with E-state index in [2.05, 4.69) is 51.1 Å². The summed E-state index contributed by atoms with van der Waals surface area (Å²) in [7, 11) is 1.45. The lowest BCUT2D eigenvalue weighted by Gasteiger charge is -2.25. The molecule has 2 aromatic rings. The SMILES string of the molecule is CCc1cccc(-c2c(C3CC3)c(C)cc(C)c2C(OC2CC2)C(=O)OC)c1. The Balaban J connectivity index is 1.95. The normalized spacial score (nSPS) is 17.4. The summed E-state index contributed by atoms with van der Waals surface area (Å²) in [6, 6.07) is 11.0. The van der Waals surface area contributed by atoms with Crippen LogP contribution >= 0.6 is 0 Å². The fraction of sp³-hybridized carbons (Fsp3) is 0.480. The average Bonchev–Trinajstić information content (AvgIpc) is 3.60. The van der Waals surface area contributed by atoms with Crippen molar-refractivity contribution in [2.75, 3.05) is 7.11 Å². The van der Waals surface area contributed by atoms with Gasteiger partial charge in [0.15, 0.2) is 6.10 Å². The Kier molecular flexibility index (Phi) is 5.29. The molecule has 1 atom stereocenters. The smallest absolute Gasteiger partial charge is 0.339 e. The molecule has 2 fully saturated rings. The molecule has 2 aliphatic carbocycles. The number of benzene rings is 2. The minimum Gasteiger partial charge on any atom is -0.467 e. The lowest BCUT2D eigenvalue weighted by molar-refractivity contribution is -0.155. The van der Waals surface area contributed by atoms with Gasteiger partial charge in [-0.25, -0.2) is 4.79 Å². The maximum absolute atomic E-state index is 12.8. The molecular formula is C25H30O3. The molecule has 2 aromatic carbocycles. The number of carbonyl (C=O) groups excluding carboxylic acids is 1. The van der Waals surface area contributed by atoms with Gasteiger partial charge >= 0.3 is 5.97 Å². The van der Waals surface area contributed by atoms with Crippen LogP contribution in [0.3, 0.4) is 0 Å². The van der Waals surface area contributed by atoms with E-state index in [1.807, 2.05) is 0 Å². The van der Waals surface area contributed by atoms with Crippen molar-refractivity contribution >= 4 is 5.97 Å². The van der Waals surface area contributed by atoms with Gasteiger partial charge in [0.1, 0.15) is 0 Å². The van der Waals surface area contributed by atoms with Crippen LogP contribution in [0.1, 0.15) is 72.4 Å². The molecule has 0 N–H and O–H groups in total. The number of esters is 1. The molecule has 0 heterocycles. The van der Waals surface area contributed by atoms with E-state index in [1.165, 1.54) is 47.8 Å². The maximum atomic E-state index is 12.8. The van der Waals surface area contributed by atoms with E-state index in [4.69, 9.17) is 9.47 Å². The number of rotatable bonds is 7. The summed E-state index contributed by atoms with van der Waals surface area (Å²) in [5.74, 6) is 0.285. The van der Waals surface area contributed by atoms with Gasteiger partial charge < -0.3 is 9.47 Å². The van der Waals surface area contributed by atoms with E-state index >= 15 is 0 Å². The molecule has 4 rings (SSSR count). The van der Waals surface area contributed by atoms with Gasteiger partial charge in [-0.2, -0.15) is 0 Å². The number of ether oxygens (including phenoxy) is 2. The third-order valence-electron chi connectivity index (χ3n) is 5.96. The fourth-order valence-corrected chi connectivity index (χ4v) is 4.26. The van der Waals surface area contributed by atoms with Crippen molar-refractivity contribution in [2.45, 2.75) is 71.0 Å². The van der Waals surface area contributed by atoms with Gasteiger partial charge in [-0.15, -0.1) is 0 Å². The monoisotopic (exact) mass is 378 g/mol. The molecular weight excluding hydrogens is 348 g/mol. The third kappa shape index (κ3) is 3.73. The van der Waals surface area contributed by atoms with Crippen LogP contribution in [0.15, 0.2) is 30.3 Å². The van der Waals surface area contributed by atoms with Crippen molar-refractivity contribution in [3.05, 3.63) is 58.1 Å². The summed E-state index contributed by atoms with van der Waals surface area (Å²) in [6.07, 6.45) is 4.99. The number of aryl methyl sites for hydroxylation is 3. The quantitative estimate of drug-likeness (QED) is 0.571. The highest BCUT2D eigenvalue weighted by atomic mass is 16.6. The van der Waals surface area contributed by atoms with Crippen molar-refractivity contribution < 1.29 is 14.3 Å². The van der Waals surface area contributed by atoms with Gasteiger partial charge in [0.05, 0.1) is 13.2 Å². The molecule has 0 amide bonds. The zero-order chi connectivity index (χ0) is 19.8. The van der Waals surface area contributed by atoms with Gasteiger partial charge in [0, 0.05) is 5.56 Å². The zero-order valence-electron chi connectivity index (χ0n) is 17.4. The second-order valence-electron chi connectivity index (χ2n) is 8.28. The van der Waals surface area contributed by atoms with Gasteiger partial charge in [-0.1, -0.05) is 37.3 Å². The molecule has 1 unspecified atom stereocenters. The molecule has 148 valence electrons. The second kappa shape index (κ2) is 7.71. The number of hydrogen-bond donors (Lipinski definition) is 0. The van der Waals surface area contributed by atoms with E-state index in [-0.39, 0.29) is 12.1 Å². The highest BCUT2D eigenvalue weighted by Gasteiger charge is 2.37. The highest BCUT2D eigenvalue weighted by molar-refractivity contribution is 5.84. The van der Waals surface area contributed by atoms with Crippen LogP contribution in [0.5, 0.6) is 0 Å². The summed E-state index contributed by atoms with van der Waals surface area (Å²) in [5, 5.41) is 0. The van der Waals surface area contributed by atoms with Crippen molar-refractivity contribution in [2.24, 2.45) is 0 Å². The largest absolute Gasteiger partial charge is 0.467 e. The Bertz CT molecular complexity index is 891. The first-order valence-corrected chi connectivity index (χ1v) is 10.5. The van der Waals surface area contributed by atoms with E-state index < -0.39 is 6.10 Å². The van der Waals surface area contributed by atoms with Crippen molar-refractivity contribution in [1.29, 1.82) is 0 Å². The number of methoxy groups -OCH3 is 1. The summed E-state index contributed by atoms with van der Waals surface area (Å²) >= 11 is 0. The Morgan fingerprint density at radius 1 is 1.11 bits per heavy atom. The number of carbonyl (C=O) groups is 1. The van der Waals surface area contributed by atoms with E-state index in [9.17, 15) is 4.79 Å². The molecule has 2 saturated carbocycles. The highest BCUT2D eigenvalue weighted by Crippen LogP contribution is 2.50. The lowest BCUT2D eigenvalue weighted by atomic mass is 9.83. The van der Waals surface area contributed by atoms with Gasteiger partial charge in [-0.3, -0.25) is 0 Å². The molecule has 3 nitrogen and oxygen atoms in total. The molecule has 0 radical (unpaired) electrons. The van der Waals surface area contributed by atoms with Crippen LogP contribution in [0.25, 0.3) is 11.1 Å². The predicted molar refractivity (Wildman–Crippen MR) is 112 cm³/mol. The lowest BCUT2D eigenvalue weighted by Crippen LogP contribution is -2.21. The Hall–Kier alpha value is -2.13. The molecule has 0 saturated heterocycles. The zero-order valence-corrected chi connectivity index (χ0v) is 17.4. The first-order chi connectivity index (χ1) is 13.5. The Labute approximate surface area is 168 Å². The van der Waals surface area contributed by atoms with Crippen LogP contribution in [-0.4, -0.2) is 19.2 Å². The summed E-state index contributed by atoms with van der Waals surface area (Å²) in [5.41, 5.74) is 8.51. The van der Waals surface area contributed by atoms with Crippen molar-refractivity contribution in [3.63, 3.8) is 0 Å². The minimum atomic E-state index is -0.657. The van der Waals surface area contributed by atoms with Crippen LogP contribution < -0.4 is 0 Å². The first-order valence-electron chi connectivity index (χ1n) is 10.5. The Morgan fingerprint density at radius 2 is 1.86 bits per heavy atom. The summed E-state index contributed by atoms with van der Waals surface area (Å²) in [4.78, 5) is 12.8. The van der Waals surface area contributed by atoms with E-state index in [0.717, 1.165) is 30.4 Å². The standard InChI is InChI=1S/C25H30O3/c1-5-17-7-6-8-19(14-17)23-21(18-9-10-18)15(2)13-16(3)22(23)24(25(26)27-4)28-20-11-12-20/h6-8,13-14,18,20,24H,5,9-12H2,1-4H3. The van der Waals surface area contributed by atoms with Crippen LogP contribution in [0, 0.1) is 13.8 Å². The molecule has 0 bridgehead atoms. The molecule has 0 aliphatic heterocycles. The van der Waals surface area contributed by atoms with Crippen molar-refractivity contribution in [3.8, 4) is 11.1 Å². The third-order valence-corrected chi connectivity index (χ3v) is 5.96. The molecule has 0 spiro atoms. The van der Waals surface area contributed by atoms with Crippen LogP contribution in [0.2, 0.25) is 0 Å². The first kappa shape index (κ1) is 19.2. The number of hydrogen-bond acceptors (Lipinski definition) is 3. The van der Waals surface area contributed by atoms with Crippen LogP contribution in [-0.2, 0) is 20.7 Å². The van der Waals surface area contributed by atoms with Crippen molar-refractivity contribution in [1.82, 2.24) is 0 Å².